The van der Waals surface area contributed by atoms with Crippen LogP contribution in [-0.4, -0.2) is 39.6 Å². The van der Waals surface area contributed by atoms with Crippen LogP contribution in [0.15, 0.2) is 75.6 Å². The molecule has 4 rings (SSSR count). The summed E-state index contributed by atoms with van der Waals surface area (Å²) in [6.45, 7) is 4.09. The first kappa shape index (κ1) is 25.3. The lowest BCUT2D eigenvalue weighted by Crippen LogP contribution is -2.22. The minimum Gasteiger partial charge on any atom is -0.326 e. The molecule has 0 atom stereocenters. The summed E-state index contributed by atoms with van der Waals surface area (Å²) in [7, 11) is -3.87. The van der Waals surface area contributed by atoms with Crippen molar-refractivity contribution < 1.29 is 13.2 Å². The second-order valence-corrected chi connectivity index (χ2v) is 10.5. The Labute approximate surface area is 212 Å². The number of fused-ring (bicyclic) bond motifs is 1. The van der Waals surface area contributed by atoms with Crippen molar-refractivity contribution >= 4 is 50.2 Å². The van der Waals surface area contributed by atoms with E-state index >= 15 is 0 Å². The van der Waals surface area contributed by atoms with Gasteiger partial charge in [0.15, 0.2) is 5.16 Å². The zero-order chi connectivity index (χ0) is 25.7. The summed E-state index contributed by atoms with van der Waals surface area (Å²) >= 11 is 1.34. The fraction of sp³-hybridized carbons (Fsp3) is 0.208. The lowest BCUT2D eigenvalue weighted by Gasteiger charge is -2.11. The largest absolute Gasteiger partial charge is 0.326 e. The minimum absolute atomic E-state index is 0.0146. The molecule has 2 aromatic heterocycles. The first-order valence-corrected chi connectivity index (χ1v) is 13.6. The number of anilines is 2. The number of aromatic nitrogens is 4. The van der Waals surface area contributed by atoms with Crippen molar-refractivity contribution in [3.05, 3.63) is 76.8 Å². The normalized spacial score (nSPS) is 11.4. The van der Waals surface area contributed by atoms with Crippen molar-refractivity contribution in [1.29, 1.82) is 0 Å². The van der Waals surface area contributed by atoms with Gasteiger partial charge in [0.1, 0.15) is 0 Å². The van der Waals surface area contributed by atoms with Crippen LogP contribution in [0.5, 0.6) is 0 Å². The van der Waals surface area contributed by atoms with E-state index in [1.54, 1.807) is 35.8 Å². The minimum atomic E-state index is -3.87. The Bertz CT molecular complexity index is 1570. The first-order chi connectivity index (χ1) is 17.3. The van der Waals surface area contributed by atoms with Gasteiger partial charge in [-0.05, 0) is 56.3 Å². The third-order valence-corrected chi connectivity index (χ3v) is 7.49. The van der Waals surface area contributed by atoms with E-state index in [1.165, 1.54) is 42.2 Å². The van der Waals surface area contributed by atoms with Crippen LogP contribution in [0.1, 0.15) is 19.0 Å². The van der Waals surface area contributed by atoms with Crippen molar-refractivity contribution in [2.75, 3.05) is 15.8 Å². The summed E-state index contributed by atoms with van der Waals surface area (Å²) in [5.41, 5.74) is 1.62. The van der Waals surface area contributed by atoms with Crippen molar-refractivity contribution in [1.82, 2.24) is 19.5 Å². The average Bonchev–Trinajstić information content (AvgIpc) is 2.84. The molecule has 2 aromatic carbocycles. The summed E-state index contributed by atoms with van der Waals surface area (Å²) < 4.78 is 29.1. The molecule has 186 valence electrons. The molecule has 4 aromatic rings. The Morgan fingerprint density at radius 2 is 1.81 bits per heavy atom. The predicted octanol–water partition coefficient (Wildman–Crippen LogP) is 3.44. The molecule has 2 heterocycles. The molecule has 0 aliphatic carbocycles. The molecule has 12 heteroatoms. The Morgan fingerprint density at radius 3 is 2.53 bits per heavy atom. The molecular formula is C24H24N6O4S2. The van der Waals surface area contributed by atoms with E-state index in [9.17, 15) is 18.0 Å². The summed E-state index contributed by atoms with van der Waals surface area (Å²) in [4.78, 5) is 37.7. The molecule has 36 heavy (non-hydrogen) atoms. The molecule has 0 bridgehead atoms. The lowest BCUT2D eigenvalue weighted by molar-refractivity contribution is -0.115. The Kier molecular flexibility index (Phi) is 7.65. The summed E-state index contributed by atoms with van der Waals surface area (Å²) in [5.74, 6) is 0.165. The monoisotopic (exact) mass is 524 g/mol. The maximum Gasteiger partial charge on any atom is 0.264 e. The molecule has 0 aliphatic rings. The Hall–Kier alpha value is -3.77. The van der Waals surface area contributed by atoms with Gasteiger partial charge in [0.05, 0.1) is 15.8 Å². The van der Waals surface area contributed by atoms with E-state index in [-0.39, 0.29) is 28.7 Å². The van der Waals surface area contributed by atoms with Crippen molar-refractivity contribution in [2.45, 2.75) is 36.9 Å². The number of carbonyl (C=O) groups is 1. The van der Waals surface area contributed by atoms with Crippen LogP contribution < -0.4 is 15.6 Å². The standard InChI is InChI=1S/C24H24N6O4S2/c1-3-30-22(32)19-6-4-5-7-20(19)28-24(30)35-15-13-21(31)27-17-8-10-18(11-9-17)36(33,34)29-23-25-14-12-16(2)26-23/h4-12,14H,3,13,15H2,1-2H3,(H,27,31)(H,25,26,29). The summed E-state index contributed by atoms with van der Waals surface area (Å²) in [5, 5.41) is 3.88. The van der Waals surface area contributed by atoms with Gasteiger partial charge in [-0.15, -0.1) is 0 Å². The van der Waals surface area contributed by atoms with Gasteiger partial charge in [0.2, 0.25) is 11.9 Å². The van der Waals surface area contributed by atoms with Gasteiger partial charge in [-0.1, -0.05) is 23.9 Å². The zero-order valence-electron chi connectivity index (χ0n) is 19.6. The van der Waals surface area contributed by atoms with Crippen molar-refractivity contribution in [2.24, 2.45) is 0 Å². The van der Waals surface area contributed by atoms with E-state index in [0.717, 1.165) is 0 Å². The van der Waals surface area contributed by atoms with Gasteiger partial charge in [-0.3, -0.25) is 14.2 Å². The maximum atomic E-state index is 12.7. The second kappa shape index (κ2) is 10.9. The number of nitrogens with zero attached hydrogens (tertiary/aromatic N) is 4. The van der Waals surface area contributed by atoms with Gasteiger partial charge in [0, 0.05) is 36.3 Å². The molecule has 10 nitrogen and oxygen atoms in total. The van der Waals surface area contributed by atoms with Crippen molar-refractivity contribution in [3.8, 4) is 0 Å². The fourth-order valence-corrected chi connectivity index (χ4v) is 5.34. The molecule has 0 saturated heterocycles. The van der Waals surface area contributed by atoms with Gasteiger partial charge >= 0.3 is 0 Å². The number of para-hydroxylation sites is 1. The number of sulfonamides is 1. The van der Waals surface area contributed by atoms with Crippen molar-refractivity contribution in [3.63, 3.8) is 0 Å². The highest BCUT2D eigenvalue weighted by Gasteiger charge is 2.16. The van der Waals surface area contributed by atoms with Crippen LogP contribution in [0.25, 0.3) is 10.9 Å². The van der Waals surface area contributed by atoms with Gasteiger partial charge in [0.25, 0.3) is 15.6 Å². The van der Waals surface area contributed by atoms with Crippen LogP contribution in [0.3, 0.4) is 0 Å². The van der Waals surface area contributed by atoms with Crippen LogP contribution in [0, 0.1) is 6.92 Å². The molecule has 0 saturated carbocycles. The number of hydrogen-bond acceptors (Lipinski definition) is 8. The number of thioether (sulfide) groups is 1. The lowest BCUT2D eigenvalue weighted by atomic mass is 10.2. The van der Waals surface area contributed by atoms with Gasteiger partial charge in [-0.25, -0.2) is 28.1 Å². The van der Waals surface area contributed by atoms with Gasteiger partial charge in [-0.2, -0.15) is 0 Å². The first-order valence-electron chi connectivity index (χ1n) is 11.1. The van der Waals surface area contributed by atoms with E-state index in [0.29, 0.717) is 39.7 Å². The van der Waals surface area contributed by atoms with E-state index in [2.05, 4.69) is 25.0 Å². The summed E-state index contributed by atoms with van der Waals surface area (Å²) in [6.07, 6.45) is 1.65. The molecule has 2 N–H and O–H groups in total. The predicted molar refractivity (Wildman–Crippen MR) is 140 cm³/mol. The Morgan fingerprint density at radius 1 is 1.06 bits per heavy atom. The van der Waals surface area contributed by atoms with E-state index < -0.39 is 10.0 Å². The van der Waals surface area contributed by atoms with E-state index in [4.69, 9.17) is 0 Å². The summed E-state index contributed by atoms with van der Waals surface area (Å²) in [6, 6.07) is 14.6. The number of rotatable bonds is 9. The highest BCUT2D eigenvalue weighted by molar-refractivity contribution is 7.99. The molecule has 0 unspecified atom stereocenters. The molecular weight excluding hydrogens is 500 g/mol. The number of hydrogen-bond donors (Lipinski definition) is 2. The number of nitrogens with one attached hydrogen (secondary N) is 2. The quantitative estimate of drug-likeness (QED) is 0.251. The maximum absolute atomic E-state index is 12.7. The molecule has 0 fully saturated rings. The molecule has 1 amide bonds. The number of aryl methyl sites for hydroxylation is 1. The van der Waals surface area contributed by atoms with Crippen LogP contribution in [0.4, 0.5) is 11.6 Å². The SMILES string of the molecule is CCn1c(SCCC(=O)Nc2ccc(S(=O)(=O)Nc3nccc(C)n3)cc2)nc2ccccc2c1=O. The number of carbonyl (C=O) groups excluding carboxylic acids is 1. The second-order valence-electron chi connectivity index (χ2n) is 7.76. The third-order valence-electron chi connectivity index (χ3n) is 5.17. The molecule has 0 radical (unpaired) electrons. The van der Waals surface area contributed by atoms with E-state index in [1.807, 2.05) is 13.0 Å². The Balaban J connectivity index is 1.35. The van der Waals surface area contributed by atoms with Gasteiger partial charge < -0.3 is 5.32 Å². The highest BCUT2D eigenvalue weighted by atomic mass is 32.2. The smallest absolute Gasteiger partial charge is 0.264 e. The highest BCUT2D eigenvalue weighted by Crippen LogP contribution is 2.20. The molecule has 0 spiro atoms. The number of benzene rings is 2. The van der Waals surface area contributed by atoms with Crippen LogP contribution in [0.2, 0.25) is 0 Å². The average molecular weight is 525 g/mol. The topological polar surface area (TPSA) is 136 Å². The zero-order valence-corrected chi connectivity index (χ0v) is 21.3. The number of amides is 1. The fourth-order valence-electron chi connectivity index (χ4n) is 3.39. The molecule has 0 aliphatic heterocycles. The van der Waals surface area contributed by atoms with Crippen LogP contribution >= 0.6 is 11.8 Å². The third kappa shape index (κ3) is 5.89. The van der Waals surface area contributed by atoms with Crippen LogP contribution in [-0.2, 0) is 21.4 Å².